The van der Waals surface area contributed by atoms with Gasteiger partial charge in [0, 0.05) is 33.6 Å². The van der Waals surface area contributed by atoms with Crippen molar-refractivity contribution in [3.05, 3.63) is 96.7 Å². The molecule has 0 aliphatic heterocycles. The quantitative estimate of drug-likeness (QED) is 0.244. The third-order valence-corrected chi connectivity index (χ3v) is 10.7. The number of fused-ring (bicyclic) bond motifs is 4. The molecule has 4 saturated carbocycles. The van der Waals surface area contributed by atoms with Gasteiger partial charge in [0.25, 0.3) is 0 Å². The van der Waals surface area contributed by atoms with Gasteiger partial charge >= 0.3 is 0 Å². The van der Waals surface area contributed by atoms with E-state index in [2.05, 4.69) is 89.9 Å². The maximum Gasteiger partial charge on any atom is 0.122 e. The number of methoxy groups -OCH3 is 1. The van der Waals surface area contributed by atoms with Crippen LogP contribution in [-0.2, 0) is 5.41 Å². The van der Waals surface area contributed by atoms with Gasteiger partial charge in [0.2, 0.25) is 0 Å². The molecule has 0 unspecified atom stereocenters. The van der Waals surface area contributed by atoms with E-state index in [-0.39, 0.29) is 0 Å². The van der Waals surface area contributed by atoms with E-state index in [1.807, 2.05) is 13.3 Å². The smallest absolute Gasteiger partial charge is 0.122 e. The Morgan fingerprint density at radius 3 is 2.12 bits per heavy atom. The molecule has 2 heterocycles. The van der Waals surface area contributed by atoms with Crippen molar-refractivity contribution in [3.63, 3.8) is 0 Å². The summed E-state index contributed by atoms with van der Waals surface area (Å²) in [6.45, 7) is 0. The molecular formula is C38H34N2O. The molecule has 10 rings (SSSR count). The summed E-state index contributed by atoms with van der Waals surface area (Å²) in [5.74, 6) is 3.82. The molecule has 0 atom stereocenters. The van der Waals surface area contributed by atoms with Gasteiger partial charge < -0.3 is 9.72 Å². The topological polar surface area (TPSA) is 37.9 Å². The number of hydrogen-bond acceptors (Lipinski definition) is 2. The first-order chi connectivity index (χ1) is 20.2. The molecule has 4 fully saturated rings. The molecule has 4 aromatic carbocycles. The molecule has 0 spiro atoms. The van der Waals surface area contributed by atoms with E-state index in [1.165, 1.54) is 76.8 Å². The highest BCUT2D eigenvalue weighted by molar-refractivity contribution is 6.11. The minimum absolute atomic E-state index is 0.304. The van der Waals surface area contributed by atoms with E-state index in [9.17, 15) is 0 Å². The third-order valence-electron chi connectivity index (χ3n) is 10.7. The van der Waals surface area contributed by atoms with Crippen molar-refractivity contribution in [2.75, 3.05) is 7.11 Å². The average Bonchev–Trinajstić information content (AvgIpc) is 3.39. The lowest BCUT2D eigenvalue weighted by Crippen LogP contribution is -2.48. The van der Waals surface area contributed by atoms with Crippen molar-refractivity contribution in [2.24, 2.45) is 17.8 Å². The highest BCUT2D eigenvalue weighted by Crippen LogP contribution is 2.62. The molecule has 4 bridgehead atoms. The highest BCUT2D eigenvalue weighted by Gasteiger charge is 2.52. The number of aromatic nitrogens is 2. The molecule has 2 aromatic heterocycles. The van der Waals surface area contributed by atoms with Crippen molar-refractivity contribution in [1.82, 2.24) is 9.97 Å². The lowest BCUT2D eigenvalue weighted by Gasteiger charge is -2.57. The van der Waals surface area contributed by atoms with Gasteiger partial charge in [-0.2, -0.15) is 0 Å². The van der Waals surface area contributed by atoms with Gasteiger partial charge in [0.15, 0.2) is 0 Å². The molecule has 202 valence electrons. The maximum absolute atomic E-state index is 5.99. The Morgan fingerprint density at radius 1 is 0.707 bits per heavy atom. The number of benzene rings is 4. The predicted molar refractivity (Wildman–Crippen MR) is 168 cm³/mol. The van der Waals surface area contributed by atoms with Gasteiger partial charge in [-0.3, -0.25) is 4.98 Å². The zero-order valence-electron chi connectivity index (χ0n) is 23.5. The predicted octanol–water partition coefficient (Wildman–Crippen LogP) is 9.68. The van der Waals surface area contributed by atoms with E-state index in [0.29, 0.717) is 5.41 Å². The summed E-state index contributed by atoms with van der Waals surface area (Å²) in [4.78, 5) is 8.42. The Labute approximate surface area is 240 Å². The van der Waals surface area contributed by atoms with Crippen LogP contribution in [0.4, 0.5) is 0 Å². The molecule has 3 nitrogen and oxygen atoms in total. The summed E-state index contributed by atoms with van der Waals surface area (Å²) in [7, 11) is 1.85. The average molecular weight is 535 g/mol. The van der Waals surface area contributed by atoms with E-state index < -0.39 is 0 Å². The number of nitrogens with one attached hydrogen (secondary N) is 1. The Balaban J connectivity index is 1.11. The van der Waals surface area contributed by atoms with Crippen LogP contribution >= 0.6 is 0 Å². The lowest BCUT2D eigenvalue weighted by atomic mass is 9.48. The molecule has 0 amide bonds. The van der Waals surface area contributed by atoms with Crippen molar-refractivity contribution in [2.45, 2.75) is 43.9 Å². The van der Waals surface area contributed by atoms with Crippen LogP contribution in [0.5, 0.6) is 5.75 Å². The molecule has 6 aromatic rings. The van der Waals surface area contributed by atoms with Crippen LogP contribution in [0.2, 0.25) is 0 Å². The maximum atomic E-state index is 5.99. The van der Waals surface area contributed by atoms with Gasteiger partial charge in [0.05, 0.1) is 18.3 Å². The zero-order chi connectivity index (χ0) is 27.1. The number of H-pyrrole nitrogens is 1. The van der Waals surface area contributed by atoms with Crippen LogP contribution in [0.1, 0.15) is 44.1 Å². The number of para-hydroxylation sites is 1. The largest absolute Gasteiger partial charge is 0.496 e. The van der Waals surface area contributed by atoms with Crippen LogP contribution in [0.25, 0.3) is 55.0 Å². The van der Waals surface area contributed by atoms with Gasteiger partial charge in [0.1, 0.15) is 5.75 Å². The first-order valence-corrected chi connectivity index (χ1v) is 15.2. The first kappa shape index (κ1) is 23.6. The number of nitrogens with zero attached hydrogens (tertiary/aromatic N) is 1. The number of ether oxygens (including phenoxy) is 1. The molecule has 0 radical (unpaired) electrons. The summed E-state index contributed by atoms with van der Waals surface area (Å²) >= 11 is 0. The standard InChI is InChI=1S/C38H34N2O/c1-41-35-11-10-29(19-33(35)38-20-23-14-24(21-38)16-25(15-23)22-38)27-6-7-28-18-30(9-8-26(28)17-27)36-37-32(12-13-39-36)31-4-2-3-5-34(31)40-37/h2-13,17-19,23-25,40H,14-16,20-22H2,1H3. The van der Waals surface area contributed by atoms with Gasteiger partial charge in [-0.05, 0) is 120 Å². The van der Waals surface area contributed by atoms with E-state index in [4.69, 9.17) is 9.72 Å². The zero-order valence-corrected chi connectivity index (χ0v) is 23.5. The second kappa shape index (κ2) is 8.69. The monoisotopic (exact) mass is 534 g/mol. The van der Waals surface area contributed by atoms with Gasteiger partial charge in [-0.1, -0.05) is 48.5 Å². The van der Waals surface area contributed by atoms with Crippen LogP contribution in [0.15, 0.2) is 91.1 Å². The summed E-state index contributed by atoms with van der Waals surface area (Å²) in [5.41, 5.74) is 8.72. The molecule has 0 saturated heterocycles. The molecule has 4 aliphatic rings. The molecule has 1 N–H and O–H groups in total. The number of aromatic amines is 1. The highest BCUT2D eigenvalue weighted by atomic mass is 16.5. The van der Waals surface area contributed by atoms with Crippen molar-refractivity contribution < 1.29 is 4.74 Å². The third kappa shape index (κ3) is 3.61. The van der Waals surface area contributed by atoms with Crippen molar-refractivity contribution in [3.8, 4) is 28.1 Å². The Hall–Kier alpha value is -4.11. The molecule has 3 heteroatoms. The Morgan fingerprint density at radius 2 is 1.37 bits per heavy atom. The number of pyridine rings is 1. The number of hydrogen-bond donors (Lipinski definition) is 1. The lowest BCUT2D eigenvalue weighted by molar-refractivity contribution is -0.00613. The van der Waals surface area contributed by atoms with Crippen LogP contribution in [0, 0.1) is 17.8 Å². The van der Waals surface area contributed by atoms with Gasteiger partial charge in [-0.15, -0.1) is 0 Å². The first-order valence-electron chi connectivity index (χ1n) is 15.2. The minimum Gasteiger partial charge on any atom is -0.496 e. The molecular weight excluding hydrogens is 500 g/mol. The van der Waals surface area contributed by atoms with E-state index >= 15 is 0 Å². The minimum atomic E-state index is 0.304. The van der Waals surface area contributed by atoms with Crippen LogP contribution < -0.4 is 4.74 Å². The fraction of sp³-hybridized carbons (Fsp3) is 0.289. The van der Waals surface area contributed by atoms with Crippen LogP contribution in [0.3, 0.4) is 0 Å². The van der Waals surface area contributed by atoms with Gasteiger partial charge in [-0.25, -0.2) is 0 Å². The SMILES string of the molecule is COc1ccc(-c2ccc3cc(-c4nccc5c4[nH]c4ccccc45)ccc3c2)cc1C12CC3CC(CC(C3)C1)C2. The van der Waals surface area contributed by atoms with Crippen LogP contribution in [-0.4, -0.2) is 17.1 Å². The summed E-state index contributed by atoms with van der Waals surface area (Å²) in [5, 5.41) is 4.94. The Kier molecular flexibility index (Phi) is 5.00. The number of rotatable bonds is 4. The fourth-order valence-electron chi connectivity index (χ4n) is 9.31. The second-order valence-electron chi connectivity index (χ2n) is 13.1. The summed E-state index contributed by atoms with van der Waals surface area (Å²) in [6.07, 6.45) is 10.3. The fourth-order valence-corrected chi connectivity index (χ4v) is 9.31. The van der Waals surface area contributed by atoms with E-state index in [0.717, 1.165) is 45.8 Å². The summed E-state index contributed by atoms with van der Waals surface area (Å²) < 4.78 is 5.99. The summed E-state index contributed by atoms with van der Waals surface area (Å²) in [6, 6.07) is 31.2. The second-order valence-corrected chi connectivity index (χ2v) is 13.1. The van der Waals surface area contributed by atoms with Crippen molar-refractivity contribution in [1.29, 1.82) is 0 Å². The molecule has 4 aliphatic carbocycles. The van der Waals surface area contributed by atoms with Crippen molar-refractivity contribution >= 4 is 32.6 Å². The normalized spacial score (nSPS) is 25.0. The Bertz CT molecular complexity index is 1950. The van der Waals surface area contributed by atoms with E-state index in [1.54, 1.807) is 0 Å². The molecule has 41 heavy (non-hydrogen) atoms.